The van der Waals surface area contributed by atoms with Gasteiger partial charge < -0.3 is 10.2 Å². The van der Waals surface area contributed by atoms with Crippen molar-refractivity contribution in [2.75, 3.05) is 0 Å². The molecule has 0 aliphatic heterocycles. The van der Waals surface area contributed by atoms with Crippen molar-refractivity contribution in [2.24, 2.45) is 52.3 Å². The Hall–Kier alpha value is -0.900. The van der Waals surface area contributed by atoms with Crippen LogP contribution in [0.25, 0.3) is 0 Å². The van der Waals surface area contributed by atoms with Crippen LogP contribution in [0.15, 0.2) is 0 Å². The number of carboxylic acid groups (broad SMARTS) is 1. The van der Waals surface area contributed by atoms with Crippen LogP contribution in [0.1, 0.15) is 91.9 Å². The molecule has 30 heavy (non-hydrogen) atoms. The Morgan fingerprint density at radius 1 is 1.07 bits per heavy atom. The van der Waals surface area contributed by atoms with Crippen LogP contribution in [0.3, 0.4) is 0 Å². The van der Waals surface area contributed by atoms with E-state index in [1.807, 2.05) is 0 Å². The van der Waals surface area contributed by atoms with E-state index in [4.69, 9.17) is 5.11 Å². The van der Waals surface area contributed by atoms with Crippen LogP contribution in [0.4, 0.5) is 0 Å². The number of rotatable bonds is 5. The van der Waals surface area contributed by atoms with E-state index in [0.717, 1.165) is 51.4 Å². The zero-order chi connectivity index (χ0) is 21.8. The van der Waals surface area contributed by atoms with E-state index < -0.39 is 5.97 Å². The van der Waals surface area contributed by atoms with Crippen LogP contribution >= 0.6 is 0 Å². The van der Waals surface area contributed by atoms with Crippen LogP contribution < -0.4 is 0 Å². The first-order valence-corrected chi connectivity index (χ1v) is 12.6. The third-order valence-corrected chi connectivity index (χ3v) is 10.7. The molecule has 0 aromatic rings. The second kappa shape index (κ2) is 7.90. The van der Waals surface area contributed by atoms with Gasteiger partial charge in [0.1, 0.15) is 5.78 Å². The lowest BCUT2D eigenvalue weighted by Crippen LogP contribution is -2.60. The average Bonchev–Trinajstić information content (AvgIpc) is 3.05. The number of aliphatic hydroxyl groups excluding tert-OH is 1. The van der Waals surface area contributed by atoms with Gasteiger partial charge in [-0.1, -0.05) is 27.7 Å². The summed E-state index contributed by atoms with van der Waals surface area (Å²) >= 11 is 0. The number of carbonyl (C=O) groups excluding carboxylic acids is 1. The van der Waals surface area contributed by atoms with Gasteiger partial charge in [-0.25, -0.2) is 0 Å². The molecule has 4 aliphatic carbocycles. The highest BCUT2D eigenvalue weighted by Gasteiger charge is 2.65. The Morgan fingerprint density at radius 3 is 2.40 bits per heavy atom. The largest absolute Gasteiger partial charge is 0.481 e. The van der Waals surface area contributed by atoms with Gasteiger partial charge in [0.05, 0.1) is 6.10 Å². The van der Waals surface area contributed by atoms with Crippen LogP contribution in [0.5, 0.6) is 0 Å². The third-order valence-electron chi connectivity index (χ3n) is 10.7. The highest BCUT2D eigenvalue weighted by atomic mass is 16.4. The molecular formula is C26H42O4. The minimum atomic E-state index is -0.697. The van der Waals surface area contributed by atoms with E-state index in [1.54, 1.807) is 0 Å². The number of carboxylic acids is 1. The van der Waals surface area contributed by atoms with Gasteiger partial charge in [0, 0.05) is 18.3 Å². The fourth-order valence-electron chi connectivity index (χ4n) is 9.16. The lowest BCUT2D eigenvalue weighted by Gasteiger charge is -2.62. The molecule has 2 N–H and O–H groups in total. The van der Waals surface area contributed by atoms with Crippen molar-refractivity contribution in [1.29, 1.82) is 0 Å². The highest BCUT2D eigenvalue weighted by Crippen LogP contribution is 2.68. The van der Waals surface area contributed by atoms with Crippen LogP contribution in [0.2, 0.25) is 0 Å². The van der Waals surface area contributed by atoms with Crippen LogP contribution in [-0.4, -0.2) is 28.1 Å². The number of aliphatic carboxylic acids is 1. The Morgan fingerprint density at radius 2 is 1.73 bits per heavy atom. The molecule has 0 aromatic carbocycles. The summed E-state index contributed by atoms with van der Waals surface area (Å²) in [6, 6.07) is 0. The summed E-state index contributed by atoms with van der Waals surface area (Å²) in [4.78, 5) is 25.0. The van der Waals surface area contributed by atoms with E-state index in [2.05, 4.69) is 27.7 Å². The van der Waals surface area contributed by atoms with Gasteiger partial charge in [0.25, 0.3) is 0 Å². The average molecular weight is 419 g/mol. The van der Waals surface area contributed by atoms with Crippen LogP contribution in [0, 0.1) is 52.3 Å². The molecule has 0 radical (unpaired) electrons. The number of fused-ring (bicyclic) bond motifs is 5. The highest BCUT2D eigenvalue weighted by molar-refractivity contribution is 5.86. The molecule has 0 aromatic heterocycles. The topological polar surface area (TPSA) is 74.6 Å². The predicted molar refractivity (Wildman–Crippen MR) is 117 cm³/mol. The van der Waals surface area contributed by atoms with E-state index in [1.165, 1.54) is 6.42 Å². The van der Waals surface area contributed by atoms with Crippen molar-refractivity contribution in [2.45, 2.75) is 98.0 Å². The molecule has 10 atom stereocenters. The van der Waals surface area contributed by atoms with Crippen molar-refractivity contribution in [3.8, 4) is 0 Å². The first-order valence-electron chi connectivity index (χ1n) is 12.6. The molecule has 4 nitrogen and oxygen atoms in total. The minimum Gasteiger partial charge on any atom is -0.481 e. The molecule has 4 fully saturated rings. The number of carbonyl (C=O) groups is 2. The second-order valence-corrected chi connectivity index (χ2v) is 11.8. The van der Waals surface area contributed by atoms with E-state index in [9.17, 15) is 14.7 Å². The minimum absolute atomic E-state index is 0.108. The molecule has 4 saturated carbocycles. The number of aliphatic hydroxyl groups is 1. The van der Waals surface area contributed by atoms with Gasteiger partial charge in [0.15, 0.2) is 0 Å². The number of hydrogen-bond acceptors (Lipinski definition) is 3. The van der Waals surface area contributed by atoms with E-state index in [0.29, 0.717) is 35.4 Å². The maximum absolute atomic E-state index is 13.9. The molecule has 4 heteroatoms. The lowest BCUT2D eigenvalue weighted by molar-refractivity contribution is -0.173. The predicted octanol–water partition coefficient (Wildman–Crippen LogP) is 5.32. The molecule has 4 aliphatic rings. The van der Waals surface area contributed by atoms with Gasteiger partial charge >= 0.3 is 5.97 Å². The number of Topliss-reactive ketones (excluding diaryl/α,β-unsaturated/α-hetero) is 1. The quantitative estimate of drug-likeness (QED) is 0.633. The van der Waals surface area contributed by atoms with Gasteiger partial charge in [0.2, 0.25) is 0 Å². The van der Waals surface area contributed by atoms with Crippen molar-refractivity contribution >= 4 is 11.8 Å². The molecule has 7 unspecified atom stereocenters. The van der Waals surface area contributed by atoms with Crippen molar-refractivity contribution in [3.05, 3.63) is 0 Å². The maximum atomic E-state index is 13.9. The summed E-state index contributed by atoms with van der Waals surface area (Å²) in [6.45, 7) is 9.28. The normalized spacial score (nSPS) is 49.1. The van der Waals surface area contributed by atoms with Gasteiger partial charge in [-0.2, -0.15) is 0 Å². The molecular weight excluding hydrogens is 376 g/mol. The van der Waals surface area contributed by atoms with E-state index in [-0.39, 0.29) is 35.2 Å². The first-order chi connectivity index (χ1) is 14.1. The molecule has 4 rings (SSSR count). The Kier molecular flexibility index (Phi) is 5.87. The first kappa shape index (κ1) is 22.3. The van der Waals surface area contributed by atoms with Crippen molar-refractivity contribution in [3.63, 3.8) is 0 Å². The summed E-state index contributed by atoms with van der Waals surface area (Å²) in [6.07, 6.45) is 9.01. The smallest absolute Gasteiger partial charge is 0.303 e. The molecule has 0 spiro atoms. The maximum Gasteiger partial charge on any atom is 0.303 e. The molecule has 170 valence electrons. The Balaban J connectivity index is 1.62. The summed E-state index contributed by atoms with van der Waals surface area (Å²) in [5.74, 6) is 2.31. The number of hydrogen-bond donors (Lipinski definition) is 2. The third kappa shape index (κ3) is 3.27. The molecule has 0 saturated heterocycles. The Labute approximate surface area is 182 Å². The van der Waals surface area contributed by atoms with Gasteiger partial charge in [-0.3, -0.25) is 9.59 Å². The second-order valence-electron chi connectivity index (χ2n) is 11.8. The summed E-state index contributed by atoms with van der Waals surface area (Å²) < 4.78 is 0. The summed E-state index contributed by atoms with van der Waals surface area (Å²) in [5, 5.41) is 19.5. The molecule has 0 bridgehead atoms. The van der Waals surface area contributed by atoms with Gasteiger partial charge in [-0.15, -0.1) is 0 Å². The molecule has 0 heterocycles. The van der Waals surface area contributed by atoms with Crippen LogP contribution in [-0.2, 0) is 9.59 Å². The standard InChI is InChI=1S/C26H42O4/c1-5-17-21-14-16(27)10-12-26(21,4)20-11-13-25(3)18(15(2)6-9-22(28)29)7-8-19(25)23(20)24(17)30/h15-21,23,27H,5-14H2,1-4H3,(H,28,29)/t15-,16-,17-,18?,19?,20?,21?,23?,25?,26?/m1/s1. The fourth-order valence-corrected chi connectivity index (χ4v) is 9.16. The lowest BCUT2D eigenvalue weighted by atomic mass is 9.42. The van der Waals surface area contributed by atoms with Gasteiger partial charge in [-0.05, 0) is 98.2 Å². The fraction of sp³-hybridized carbons (Fsp3) is 0.923. The molecule has 0 amide bonds. The monoisotopic (exact) mass is 418 g/mol. The Bertz CT molecular complexity index is 689. The summed E-state index contributed by atoms with van der Waals surface area (Å²) in [7, 11) is 0. The zero-order valence-corrected chi connectivity index (χ0v) is 19.4. The SMILES string of the molecule is CC[C@H]1C(=O)C2C3CCC([C@H](C)CCC(=O)O)C3(C)CCC2C2(C)CC[C@@H](O)CC12. The van der Waals surface area contributed by atoms with Crippen molar-refractivity contribution < 1.29 is 19.8 Å². The van der Waals surface area contributed by atoms with E-state index >= 15 is 0 Å². The number of ketones is 1. The zero-order valence-electron chi connectivity index (χ0n) is 19.4. The summed E-state index contributed by atoms with van der Waals surface area (Å²) in [5.41, 5.74) is 0.358. The van der Waals surface area contributed by atoms with Crippen molar-refractivity contribution in [1.82, 2.24) is 0 Å².